The fourth-order valence-corrected chi connectivity index (χ4v) is 2.32. The van der Waals surface area contributed by atoms with Crippen LogP contribution in [0.25, 0.3) is 0 Å². The molecule has 1 rings (SSSR count). The molecular formula is C11H22N2O2S. The van der Waals surface area contributed by atoms with Gasteiger partial charge in [0.15, 0.2) is 0 Å². The number of nitrogens with two attached hydrogens (primary N) is 1. The van der Waals surface area contributed by atoms with Crippen molar-refractivity contribution in [2.24, 2.45) is 5.73 Å². The van der Waals surface area contributed by atoms with Crippen LogP contribution in [0.4, 0.5) is 0 Å². The minimum Gasteiger partial charge on any atom is -0.376 e. The van der Waals surface area contributed by atoms with Crippen LogP contribution in [0.1, 0.15) is 19.3 Å². The Labute approximate surface area is 102 Å². The summed E-state index contributed by atoms with van der Waals surface area (Å²) in [5, 5.41) is 0. The van der Waals surface area contributed by atoms with Gasteiger partial charge in [0.1, 0.15) is 0 Å². The summed E-state index contributed by atoms with van der Waals surface area (Å²) in [6.07, 6.45) is 5.13. The first-order chi connectivity index (χ1) is 7.65. The maximum Gasteiger partial charge on any atom is 0.239 e. The van der Waals surface area contributed by atoms with Gasteiger partial charge in [0.2, 0.25) is 5.91 Å². The van der Waals surface area contributed by atoms with E-state index in [1.165, 1.54) is 0 Å². The lowest BCUT2D eigenvalue weighted by atomic mass is 10.2. The van der Waals surface area contributed by atoms with Gasteiger partial charge in [-0.3, -0.25) is 4.79 Å². The minimum absolute atomic E-state index is 0.0320. The molecule has 1 unspecified atom stereocenters. The Morgan fingerprint density at radius 1 is 1.69 bits per heavy atom. The Balaban J connectivity index is 2.28. The van der Waals surface area contributed by atoms with Crippen molar-refractivity contribution in [1.29, 1.82) is 0 Å². The summed E-state index contributed by atoms with van der Waals surface area (Å²) in [5.74, 6) is 0.963. The third kappa shape index (κ3) is 4.31. The largest absolute Gasteiger partial charge is 0.376 e. The number of ether oxygens (including phenoxy) is 1. The van der Waals surface area contributed by atoms with Crippen LogP contribution in [-0.4, -0.2) is 55.2 Å². The van der Waals surface area contributed by atoms with E-state index < -0.39 is 0 Å². The highest BCUT2D eigenvalue weighted by Crippen LogP contribution is 2.13. The summed E-state index contributed by atoms with van der Waals surface area (Å²) in [5.41, 5.74) is 5.83. The SMILES string of the molecule is CSCC[C@@H](N)C(=O)N(C)CC1CCCO1. The summed E-state index contributed by atoms with van der Waals surface area (Å²) in [7, 11) is 1.81. The lowest BCUT2D eigenvalue weighted by molar-refractivity contribution is -0.132. The molecule has 0 aliphatic carbocycles. The zero-order valence-corrected chi connectivity index (χ0v) is 11.0. The molecule has 0 radical (unpaired) electrons. The molecule has 16 heavy (non-hydrogen) atoms. The third-order valence-corrected chi connectivity index (χ3v) is 3.47. The fourth-order valence-electron chi connectivity index (χ4n) is 1.84. The van der Waals surface area contributed by atoms with Crippen LogP contribution in [0.5, 0.6) is 0 Å². The lowest BCUT2D eigenvalue weighted by Gasteiger charge is -2.23. The topological polar surface area (TPSA) is 55.6 Å². The number of carbonyl (C=O) groups excluding carboxylic acids is 1. The highest BCUT2D eigenvalue weighted by molar-refractivity contribution is 7.98. The van der Waals surface area contributed by atoms with Gasteiger partial charge >= 0.3 is 0 Å². The van der Waals surface area contributed by atoms with E-state index in [2.05, 4.69) is 0 Å². The van der Waals surface area contributed by atoms with Crippen molar-refractivity contribution < 1.29 is 9.53 Å². The van der Waals surface area contributed by atoms with E-state index in [4.69, 9.17) is 10.5 Å². The van der Waals surface area contributed by atoms with Crippen LogP contribution >= 0.6 is 11.8 Å². The highest BCUT2D eigenvalue weighted by atomic mass is 32.2. The number of thioether (sulfide) groups is 1. The molecule has 1 heterocycles. The summed E-state index contributed by atoms with van der Waals surface area (Å²) >= 11 is 1.72. The molecule has 1 amide bonds. The van der Waals surface area contributed by atoms with Crippen LogP contribution in [0.15, 0.2) is 0 Å². The highest BCUT2D eigenvalue weighted by Gasteiger charge is 2.23. The van der Waals surface area contributed by atoms with Crippen molar-refractivity contribution in [1.82, 2.24) is 4.90 Å². The van der Waals surface area contributed by atoms with Crippen molar-refractivity contribution in [2.75, 3.05) is 32.2 Å². The van der Waals surface area contributed by atoms with E-state index in [-0.39, 0.29) is 18.1 Å². The van der Waals surface area contributed by atoms with Gasteiger partial charge in [0, 0.05) is 20.2 Å². The van der Waals surface area contributed by atoms with Crippen LogP contribution in [0.2, 0.25) is 0 Å². The van der Waals surface area contributed by atoms with Gasteiger partial charge in [-0.2, -0.15) is 11.8 Å². The molecule has 1 fully saturated rings. The van der Waals surface area contributed by atoms with E-state index in [0.29, 0.717) is 6.54 Å². The standard InChI is InChI=1S/C11H22N2O2S/c1-13(8-9-4-3-6-15-9)11(14)10(12)5-7-16-2/h9-10H,3-8,12H2,1-2H3/t9?,10-/m1/s1. The van der Waals surface area contributed by atoms with Crippen molar-refractivity contribution in [3.05, 3.63) is 0 Å². The van der Waals surface area contributed by atoms with Crippen molar-refractivity contribution in [2.45, 2.75) is 31.4 Å². The summed E-state index contributed by atoms with van der Waals surface area (Å²) in [6.45, 7) is 1.50. The first-order valence-corrected chi connectivity index (χ1v) is 7.15. The second-order valence-corrected chi connectivity index (χ2v) is 5.23. The molecule has 0 aromatic rings. The van der Waals surface area contributed by atoms with E-state index in [0.717, 1.165) is 31.6 Å². The summed E-state index contributed by atoms with van der Waals surface area (Å²) in [6, 6.07) is -0.362. The quantitative estimate of drug-likeness (QED) is 0.750. The zero-order chi connectivity index (χ0) is 12.0. The predicted molar refractivity (Wildman–Crippen MR) is 67.6 cm³/mol. The van der Waals surface area contributed by atoms with E-state index >= 15 is 0 Å². The normalized spacial score (nSPS) is 22.1. The summed E-state index contributed by atoms with van der Waals surface area (Å²) in [4.78, 5) is 13.6. The van der Waals surface area contributed by atoms with E-state index in [9.17, 15) is 4.79 Å². The van der Waals surface area contributed by atoms with Crippen LogP contribution < -0.4 is 5.73 Å². The maximum absolute atomic E-state index is 11.9. The van der Waals surface area contributed by atoms with Crippen LogP contribution in [-0.2, 0) is 9.53 Å². The molecule has 1 aliphatic rings. The minimum atomic E-state index is -0.362. The average molecular weight is 246 g/mol. The first-order valence-electron chi connectivity index (χ1n) is 5.76. The molecule has 94 valence electrons. The Hall–Kier alpha value is -0.260. The van der Waals surface area contributed by atoms with Gasteiger partial charge < -0.3 is 15.4 Å². The molecule has 0 spiro atoms. The van der Waals surface area contributed by atoms with Crippen molar-refractivity contribution in [3.8, 4) is 0 Å². The smallest absolute Gasteiger partial charge is 0.239 e. The number of nitrogens with zero attached hydrogens (tertiary/aromatic N) is 1. The van der Waals surface area contributed by atoms with Crippen LogP contribution in [0, 0.1) is 0 Å². The Morgan fingerprint density at radius 2 is 2.44 bits per heavy atom. The monoisotopic (exact) mass is 246 g/mol. The second kappa shape index (κ2) is 7.14. The Morgan fingerprint density at radius 3 is 3.00 bits per heavy atom. The van der Waals surface area contributed by atoms with Gasteiger partial charge in [-0.25, -0.2) is 0 Å². The molecule has 1 saturated heterocycles. The van der Waals surface area contributed by atoms with Crippen molar-refractivity contribution >= 4 is 17.7 Å². The molecule has 0 saturated carbocycles. The molecule has 5 heteroatoms. The van der Waals surface area contributed by atoms with Gasteiger partial charge in [-0.1, -0.05) is 0 Å². The maximum atomic E-state index is 11.9. The number of amides is 1. The van der Waals surface area contributed by atoms with Gasteiger partial charge in [0.25, 0.3) is 0 Å². The molecule has 2 atom stereocenters. The molecular weight excluding hydrogens is 224 g/mol. The van der Waals surface area contributed by atoms with E-state index in [1.54, 1.807) is 16.7 Å². The predicted octanol–water partition coefficient (Wildman–Crippen LogP) is 0.704. The second-order valence-electron chi connectivity index (χ2n) is 4.24. The molecule has 2 N–H and O–H groups in total. The van der Waals surface area contributed by atoms with Gasteiger partial charge in [0.05, 0.1) is 12.1 Å². The number of likely N-dealkylation sites (N-methyl/N-ethyl adjacent to an activating group) is 1. The zero-order valence-electron chi connectivity index (χ0n) is 10.1. The first kappa shape index (κ1) is 13.8. The Bertz CT molecular complexity index is 220. The Kier molecular flexibility index (Phi) is 6.16. The lowest BCUT2D eigenvalue weighted by Crippen LogP contribution is -2.44. The van der Waals surface area contributed by atoms with Crippen LogP contribution in [0.3, 0.4) is 0 Å². The third-order valence-electron chi connectivity index (χ3n) is 2.83. The van der Waals surface area contributed by atoms with Gasteiger partial charge in [-0.05, 0) is 31.3 Å². The molecule has 4 nitrogen and oxygen atoms in total. The number of carbonyl (C=O) groups is 1. The summed E-state index contributed by atoms with van der Waals surface area (Å²) < 4.78 is 5.50. The number of hydrogen-bond acceptors (Lipinski definition) is 4. The van der Waals surface area contributed by atoms with Gasteiger partial charge in [-0.15, -0.1) is 0 Å². The molecule has 0 aromatic carbocycles. The fraction of sp³-hybridized carbons (Fsp3) is 0.909. The molecule has 0 bridgehead atoms. The van der Waals surface area contributed by atoms with E-state index in [1.807, 2.05) is 13.3 Å². The van der Waals surface area contributed by atoms with Crippen molar-refractivity contribution in [3.63, 3.8) is 0 Å². The number of rotatable bonds is 6. The average Bonchev–Trinajstić information content (AvgIpc) is 2.77. The molecule has 1 aliphatic heterocycles. The molecule has 0 aromatic heterocycles. The number of hydrogen-bond donors (Lipinski definition) is 1.